The topological polar surface area (TPSA) is 73.9 Å². The van der Waals surface area contributed by atoms with E-state index in [-0.39, 0.29) is 12.5 Å². The third-order valence-corrected chi connectivity index (χ3v) is 2.27. The molecule has 0 aromatic heterocycles. The number of rotatable bonds is 7. The molecule has 0 atom stereocenters. The zero-order chi connectivity index (χ0) is 14.1. The lowest BCUT2D eigenvalue weighted by atomic mass is 10.2. The largest absolute Gasteiger partial charge is 0.484 e. The van der Waals surface area contributed by atoms with Gasteiger partial charge in [-0.1, -0.05) is 0 Å². The molecule has 6 nitrogen and oxygen atoms in total. The van der Waals surface area contributed by atoms with Crippen molar-refractivity contribution >= 4 is 11.9 Å². The smallest absolute Gasteiger partial charge is 0.337 e. The summed E-state index contributed by atoms with van der Waals surface area (Å²) in [5.41, 5.74) is 0.430. The van der Waals surface area contributed by atoms with Crippen molar-refractivity contribution in [3.05, 3.63) is 29.8 Å². The summed E-state index contributed by atoms with van der Waals surface area (Å²) < 4.78 is 14.6. The molecule has 1 amide bonds. The first kappa shape index (κ1) is 15.0. The van der Waals surface area contributed by atoms with E-state index in [2.05, 4.69) is 10.1 Å². The van der Waals surface area contributed by atoms with Crippen LogP contribution in [0.5, 0.6) is 5.75 Å². The fourth-order valence-corrected chi connectivity index (χ4v) is 1.30. The standard InChI is InChI=1S/C13H17NO5/c1-17-8-7-14-12(15)9-19-11-5-3-10(4-6-11)13(16)18-2/h3-6H,7-9H2,1-2H3,(H,14,15). The molecule has 19 heavy (non-hydrogen) atoms. The number of methoxy groups -OCH3 is 2. The summed E-state index contributed by atoms with van der Waals surface area (Å²) in [5, 5.41) is 2.63. The maximum Gasteiger partial charge on any atom is 0.337 e. The zero-order valence-corrected chi connectivity index (χ0v) is 11.0. The van der Waals surface area contributed by atoms with E-state index in [0.29, 0.717) is 24.5 Å². The number of benzene rings is 1. The van der Waals surface area contributed by atoms with Crippen molar-refractivity contribution in [1.29, 1.82) is 0 Å². The Bertz CT molecular complexity index is 416. The highest BCUT2D eigenvalue weighted by molar-refractivity contribution is 5.89. The molecule has 6 heteroatoms. The molecule has 0 radical (unpaired) electrons. The van der Waals surface area contributed by atoms with Crippen molar-refractivity contribution < 1.29 is 23.8 Å². The third-order valence-electron chi connectivity index (χ3n) is 2.27. The van der Waals surface area contributed by atoms with Gasteiger partial charge in [0.25, 0.3) is 5.91 Å². The van der Waals surface area contributed by atoms with Crippen LogP contribution in [0.2, 0.25) is 0 Å². The lowest BCUT2D eigenvalue weighted by Crippen LogP contribution is -2.31. The summed E-state index contributed by atoms with van der Waals surface area (Å²) in [5.74, 6) is -0.132. The summed E-state index contributed by atoms with van der Waals surface area (Å²) in [7, 11) is 2.88. The van der Waals surface area contributed by atoms with Crippen LogP contribution >= 0.6 is 0 Å². The molecule has 104 valence electrons. The van der Waals surface area contributed by atoms with Gasteiger partial charge in [-0.3, -0.25) is 4.79 Å². The minimum Gasteiger partial charge on any atom is -0.484 e. The molecule has 1 aromatic rings. The molecule has 0 aliphatic rings. The average molecular weight is 267 g/mol. The highest BCUT2D eigenvalue weighted by Gasteiger charge is 2.06. The van der Waals surface area contributed by atoms with E-state index in [9.17, 15) is 9.59 Å². The molecule has 0 saturated carbocycles. The van der Waals surface area contributed by atoms with Gasteiger partial charge in [-0.15, -0.1) is 0 Å². The predicted molar refractivity (Wildman–Crippen MR) is 68.2 cm³/mol. The molecule has 0 aliphatic heterocycles. The Morgan fingerprint density at radius 1 is 1.16 bits per heavy atom. The van der Waals surface area contributed by atoms with Crippen molar-refractivity contribution in [2.45, 2.75) is 0 Å². The second-order valence-corrected chi connectivity index (χ2v) is 3.65. The zero-order valence-electron chi connectivity index (χ0n) is 11.0. The molecule has 0 spiro atoms. The summed E-state index contributed by atoms with van der Waals surface area (Å²) >= 11 is 0. The minimum absolute atomic E-state index is 0.0821. The van der Waals surface area contributed by atoms with Gasteiger partial charge in [-0.05, 0) is 24.3 Å². The van der Waals surface area contributed by atoms with Crippen LogP contribution in [0.25, 0.3) is 0 Å². The maximum absolute atomic E-state index is 11.3. The highest BCUT2D eigenvalue weighted by atomic mass is 16.5. The van der Waals surface area contributed by atoms with Gasteiger partial charge in [-0.2, -0.15) is 0 Å². The molecule has 1 N–H and O–H groups in total. The van der Waals surface area contributed by atoms with Crippen molar-refractivity contribution in [3.8, 4) is 5.75 Å². The maximum atomic E-state index is 11.3. The highest BCUT2D eigenvalue weighted by Crippen LogP contribution is 2.12. The Morgan fingerprint density at radius 2 is 1.84 bits per heavy atom. The van der Waals surface area contributed by atoms with Gasteiger partial charge in [0.15, 0.2) is 6.61 Å². The van der Waals surface area contributed by atoms with E-state index >= 15 is 0 Å². The Balaban J connectivity index is 2.37. The van der Waals surface area contributed by atoms with Crippen LogP contribution in [0.3, 0.4) is 0 Å². The molecule has 0 unspecified atom stereocenters. The van der Waals surface area contributed by atoms with Crippen LogP contribution in [0.15, 0.2) is 24.3 Å². The number of hydrogen-bond acceptors (Lipinski definition) is 5. The van der Waals surface area contributed by atoms with Gasteiger partial charge in [-0.25, -0.2) is 4.79 Å². The number of esters is 1. The van der Waals surface area contributed by atoms with Crippen LogP contribution in [0, 0.1) is 0 Å². The second kappa shape index (κ2) is 8.10. The molecule has 0 saturated heterocycles. The van der Waals surface area contributed by atoms with E-state index in [0.717, 1.165) is 0 Å². The molecule has 0 fully saturated rings. The van der Waals surface area contributed by atoms with Crippen LogP contribution in [0.4, 0.5) is 0 Å². The van der Waals surface area contributed by atoms with Gasteiger partial charge < -0.3 is 19.5 Å². The number of ether oxygens (including phenoxy) is 3. The third kappa shape index (κ3) is 5.39. The normalized spacial score (nSPS) is 9.79. The van der Waals surface area contributed by atoms with Crippen LogP contribution < -0.4 is 10.1 Å². The minimum atomic E-state index is -0.413. The van der Waals surface area contributed by atoms with Crippen LogP contribution in [-0.2, 0) is 14.3 Å². The van der Waals surface area contributed by atoms with Gasteiger partial charge in [0, 0.05) is 13.7 Å². The lowest BCUT2D eigenvalue weighted by Gasteiger charge is -2.07. The molecular weight excluding hydrogens is 250 g/mol. The lowest BCUT2D eigenvalue weighted by molar-refractivity contribution is -0.123. The summed E-state index contributed by atoms with van der Waals surface area (Å²) in [6, 6.07) is 6.36. The Kier molecular flexibility index (Phi) is 6.38. The van der Waals surface area contributed by atoms with Crippen LogP contribution in [-0.4, -0.2) is 45.9 Å². The number of carbonyl (C=O) groups is 2. The number of hydrogen-bond donors (Lipinski definition) is 1. The first-order valence-electron chi connectivity index (χ1n) is 5.74. The average Bonchev–Trinajstić information content (AvgIpc) is 2.45. The van der Waals surface area contributed by atoms with Crippen molar-refractivity contribution in [2.24, 2.45) is 0 Å². The predicted octanol–water partition coefficient (Wildman–Crippen LogP) is 0.615. The van der Waals surface area contributed by atoms with E-state index in [1.54, 1.807) is 31.4 Å². The van der Waals surface area contributed by atoms with Gasteiger partial charge in [0.05, 0.1) is 19.3 Å². The van der Waals surface area contributed by atoms with E-state index in [1.165, 1.54) is 7.11 Å². The fraction of sp³-hybridized carbons (Fsp3) is 0.385. The Hall–Kier alpha value is -2.08. The molecule has 0 bridgehead atoms. The Morgan fingerprint density at radius 3 is 2.42 bits per heavy atom. The number of amides is 1. The first-order chi connectivity index (χ1) is 9.17. The van der Waals surface area contributed by atoms with Gasteiger partial charge >= 0.3 is 5.97 Å². The molecular formula is C13H17NO5. The summed E-state index contributed by atoms with van der Waals surface area (Å²) in [6.07, 6.45) is 0. The van der Waals surface area contributed by atoms with Crippen LogP contribution in [0.1, 0.15) is 10.4 Å². The van der Waals surface area contributed by atoms with E-state index in [1.807, 2.05) is 0 Å². The van der Waals surface area contributed by atoms with Crippen molar-refractivity contribution in [2.75, 3.05) is 34.0 Å². The first-order valence-corrected chi connectivity index (χ1v) is 5.74. The summed E-state index contributed by atoms with van der Waals surface area (Å²) in [4.78, 5) is 22.5. The monoisotopic (exact) mass is 267 g/mol. The van der Waals surface area contributed by atoms with E-state index in [4.69, 9.17) is 9.47 Å². The van der Waals surface area contributed by atoms with Gasteiger partial charge in [0.1, 0.15) is 5.75 Å². The fourth-order valence-electron chi connectivity index (χ4n) is 1.30. The number of nitrogens with one attached hydrogen (secondary N) is 1. The van der Waals surface area contributed by atoms with Crippen molar-refractivity contribution in [3.63, 3.8) is 0 Å². The number of carbonyl (C=O) groups excluding carboxylic acids is 2. The molecule has 1 rings (SSSR count). The van der Waals surface area contributed by atoms with E-state index < -0.39 is 5.97 Å². The second-order valence-electron chi connectivity index (χ2n) is 3.65. The molecule has 1 aromatic carbocycles. The molecule has 0 aliphatic carbocycles. The van der Waals surface area contributed by atoms with Crippen molar-refractivity contribution in [1.82, 2.24) is 5.32 Å². The summed E-state index contributed by atoms with van der Waals surface area (Å²) in [6.45, 7) is 0.820. The quantitative estimate of drug-likeness (QED) is 0.579. The van der Waals surface area contributed by atoms with Gasteiger partial charge in [0.2, 0.25) is 0 Å². The SMILES string of the molecule is COCCNC(=O)COc1ccc(C(=O)OC)cc1. The molecule has 0 heterocycles. The Labute approximate surface area is 111 Å².